The third kappa shape index (κ3) is 5.84. The minimum absolute atomic E-state index is 0.00639. The third-order valence-electron chi connectivity index (χ3n) is 5.45. The summed E-state index contributed by atoms with van der Waals surface area (Å²) in [7, 11) is 0. The zero-order valence-electron chi connectivity index (χ0n) is 19.5. The van der Waals surface area contributed by atoms with Crippen LogP contribution in [0.3, 0.4) is 0 Å². The van der Waals surface area contributed by atoms with Crippen LogP contribution in [0.25, 0.3) is 6.08 Å². The van der Waals surface area contributed by atoms with Gasteiger partial charge in [0.1, 0.15) is 16.0 Å². The van der Waals surface area contributed by atoms with E-state index in [1.54, 1.807) is 30.3 Å². The van der Waals surface area contributed by atoms with E-state index in [1.807, 2.05) is 19.9 Å². The summed E-state index contributed by atoms with van der Waals surface area (Å²) in [5.41, 5.74) is 0.182. The quantitative estimate of drug-likeness (QED) is 0.294. The van der Waals surface area contributed by atoms with Crippen molar-refractivity contribution >= 4 is 57.7 Å². The lowest BCUT2D eigenvalue weighted by molar-refractivity contribution is -0.122. The lowest BCUT2D eigenvalue weighted by atomic mass is 9.98. The minimum atomic E-state index is -0.613. The van der Waals surface area contributed by atoms with E-state index in [0.29, 0.717) is 20.7 Å². The molecular formula is C25H24ClN3O4S2. The molecule has 1 aromatic heterocycles. The van der Waals surface area contributed by atoms with Gasteiger partial charge in [-0.05, 0) is 48.6 Å². The average molecular weight is 530 g/mol. The van der Waals surface area contributed by atoms with E-state index in [-0.39, 0.29) is 48.0 Å². The molecule has 2 heterocycles. The van der Waals surface area contributed by atoms with E-state index in [9.17, 15) is 24.8 Å². The number of aromatic nitrogens is 1. The van der Waals surface area contributed by atoms with Crippen LogP contribution in [0.1, 0.15) is 53.7 Å². The number of thioether (sulfide) groups is 1. The van der Waals surface area contributed by atoms with Gasteiger partial charge < -0.3 is 5.11 Å². The predicted molar refractivity (Wildman–Crippen MR) is 142 cm³/mol. The summed E-state index contributed by atoms with van der Waals surface area (Å²) in [6.45, 7) is 5.61. The van der Waals surface area contributed by atoms with Crippen molar-refractivity contribution in [1.29, 1.82) is 5.26 Å². The van der Waals surface area contributed by atoms with E-state index in [4.69, 9.17) is 23.8 Å². The number of carbonyl (C=O) groups is 2. The first-order chi connectivity index (χ1) is 16.5. The molecule has 0 aliphatic carbocycles. The minimum Gasteiger partial charge on any atom is -0.494 e. The number of halogens is 1. The van der Waals surface area contributed by atoms with Crippen LogP contribution in [0.15, 0.2) is 34.0 Å². The van der Waals surface area contributed by atoms with Gasteiger partial charge in [-0.15, -0.1) is 0 Å². The summed E-state index contributed by atoms with van der Waals surface area (Å²) < 4.78 is 1.48. The number of amides is 1. The Morgan fingerprint density at radius 3 is 2.54 bits per heavy atom. The van der Waals surface area contributed by atoms with Gasteiger partial charge in [0.2, 0.25) is 5.88 Å². The summed E-state index contributed by atoms with van der Waals surface area (Å²) in [5.74, 6) is -1.05. The number of Topliss-reactive ketones (excluding diaryl/α,β-unsaturated/α-hetero) is 1. The molecule has 0 unspecified atom stereocenters. The van der Waals surface area contributed by atoms with Crippen LogP contribution in [-0.2, 0) is 11.3 Å². The molecule has 1 saturated heterocycles. The number of hydrogen-bond donors (Lipinski definition) is 1. The summed E-state index contributed by atoms with van der Waals surface area (Å²) in [5, 5.41) is 20.8. The normalized spacial score (nSPS) is 14.7. The van der Waals surface area contributed by atoms with Crippen LogP contribution in [-0.4, -0.2) is 37.1 Å². The molecule has 0 radical (unpaired) electrons. The molecule has 0 saturated carbocycles. The van der Waals surface area contributed by atoms with Gasteiger partial charge in [0.25, 0.3) is 11.5 Å². The van der Waals surface area contributed by atoms with Crippen LogP contribution in [0, 0.1) is 24.2 Å². The molecule has 1 fully saturated rings. The molecule has 1 aliphatic heterocycles. The second-order valence-corrected chi connectivity index (χ2v) is 10.6. The molecule has 0 spiro atoms. The molecule has 1 N–H and O–H groups in total. The maximum absolute atomic E-state index is 13.0. The number of pyridine rings is 1. The number of hydrogen-bond acceptors (Lipinski definition) is 7. The Morgan fingerprint density at radius 1 is 1.29 bits per heavy atom. The highest BCUT2D eigenvalue weighted by atomic mass is 35.5. The summed E-state index contributed by atoms with van der Waals surface area (Å²) in [4.78, 5) is 40.4. The van der Waals surface area contributed by atoms with E-state index in [0.717, 1.165) is 10.1 Å². The highest BCUT2D eigenvalue weighted by molar-refractivity contribution is 8.26. The highest BCUT2D eigenvalue weighted by Crippen LogP contribution is 2.33. The van der Waals surface area contributed by atoms with Crippen molar-refractivity contribution in [3.05, 3.63) is 66.8 Å². The van der Waals surface area contributed by atoms with Gasteiger partial charge in [-0.3, -0.25) is 23.9 Å². The number of nitriles is 1. The second-order valence-electron chi connectivity index (χ2n) is 8.53. The van der Waals surface area contributed by atoms with Crippen LogP contribution >= 0.6 is 35.6 Å². The van der Waals surface area contributed by atoms with Crippen molar-refractivity contribution < 1.29 is 14.7 Å². The van der Waals surface area contributed by atoms with Gasteiger partial charge in [0.15, 0.2) is 5.78 Å². The number of rotatable bonds is 8. The van der Waals surface area contributed by atoms with Crippen LogP contribution < -0.4 is 5.56 Å². The summed E-state index contributed by atoms with van der Waals surface area (Å²) in [6.07, 6.45) is 2.04. The van der Waals surface area contributed by atoms with Crippen molar-refractivity contribution in [2.24, 2.45) is 5.92 Å². The molecule has 182 valence electrons. The largest absolute Gasteiger partial charge is 0.494 e. The fourth-order valence-corrected chi connectivity index (χ4v) is 5.18. The van der Waals surface area contributed by atoms with E-state index < -0.39 is 17.2 Å². The Labute approximate surface area is 218 Å². The van der Waals surface area contributed by atoms with Crippen LogP contribution in [0.4, 0.5) is 0 Å². The monoisotopic (exact) mass is 529 g/mol. The SMILES string of the molecule is Cc1c(C(=O)CCCN2C(=O)/C(=C/c3ccc(Cl)cc3)SC2=S)c(O)n(CC(C)C)c(=O)c1C#N. The third-order valence-corrected chi connectivity index (χ3v) is 7.08. The maximum Gasteiger partial charge on any atom is 0.271 e. The fourth-order valence-electron chi connectivity index (χ4n) is 3.75. The van der Waals surface area contributed by atoms with Crippen molar-refractivity contribution in [3.8, 4) is 11.9 Å². The van der Waals surface area contributed by atoms with Gasteiger partial charge in [0.05, 0.1) is 10.5 Å². The standard InChI is InChI=1S/C25H24ClN3O4S2/c1-14(2)13-29-22(31)18(12-27)15(3)21(24(29)33)19(30)5-4-10-28-23(32)20(35-25(28)34)11-16-6-8-17(26)9-7-16/h6-9,11,14,33H,4-5,10,13H2,1-3H3/b20-11-. The van der Waals surface area contributed by atoms with Gasteiger partial charge in [-0.25, -0.2) is 0 Å². The van der Waals surface area contributed by atoms with E-state index in [1.165, 1.54) is 23.6 Å². The van der Waals surface area contributed by atoms with Gasteiger partial charge in [-0.1, -0.05) is 61.6 Å². The zero-order valence-corrected chi connectivity index (χ0v) is 21.9. The Balaban J connectivity index is 1.74. The molecule has 10 heteroatoms. The van der Waals surface area contributed by atoms with Crippen LogP contribution in [0.5, 0.6) is 5.88 Å². The van der Waals surface area contributed by atoms with Gasteiger partial charge in [0, 0.05) is 24.5 Å². The number of ketones is 1. The first-order valence-electron chi connectivity index (χ1n) is 11.0. The number of aromatic hydroxyl groups is 1. The van der Waals surface area contributed by atoms with E-state index in [2.05, 4.69) is 0 Å². The van der Waals surface area contributed by atoms with Crippen molar-refractivity contribution in [1.82, 2.24) is 9.47 Å². The van der Waals surface area contributed by atoms with Crippen LogP contribution in [0.2, 0.25) is 5.02 Å². The number of thiocarbonyl (C=S) groups is 1. The lowest BCUT2D eigenvalue weighted by Crippen LogP contribution is -2.30. The molecule has 2 aromatic rings. The summed E-state index contributed by atoms with van der Waals surface area (Å²) >= 11 is 12.5. The topological polar surface area (TPSA) is 103 Å². The predicted octanol–water partition coefficient (Wildman–Crippen LogP) is 4.91. The van der Waals surface area contributed by atoms with Crippen molar-refractivity contribution in [2.45, 2.75) is 40.2 Å². The molecule has 0 atom stereocenters. The van der Waals surface area contributed by atoms with E-state index >= 15 is 0 Å². The Hall–Kier alpha value is -2.93. The molecule has 0 bridgehead atoms. The number of benzene rings is 1. The fraction of sp³-hybridized carbons (Fsp3) is 0.320. The average Bonchev–Trinajstić information content (AvgIpc) is 3.05. The molecule has 1 amide bonds. The second kappa shape index (κ2) is 11.2. The zero-order chi connectivity index (χ0) is 25.9. The highest BCUT2D eigenvalue weighted by Gasteiger charge is 2.32. The van der Waals surface area contributed by atoms with Gasteiger partial charge >= 0.3 is 0 Å². The van der Waals surface area contributed by atoms with Crippen molar-refractivity contribution in [3.63, 3.8) is 0 Å². The van der Waals surface area contributed by atoms with Gasteiger partial charge in [-0.2, -0.15) is 5.26 Å². The first kappa shape index (κ1) is 26.7. The maximum atomic E-state index is 13.0. The number of carbonyl (C=O) groups excluding carboxylic acids is 2. The Morgan fingerprint density at radius 2 is 1.94 bits per heavy atom. The molecular weight excluding hydrogens is 506 g/mol. The first-order valence-corrected chi connectivity index (χ1v) is 12.6. The molecule has 3 rings (SSSR count). The molecule has 1 aliphatic rings. The summed E-state index contributed by atoms with van der Waals surface area (Å²) in [6, 6.07) is 8.93. The smallest absolute Gasteiger partial charge is 0.271 e. The van der Waals surface area contributed by atoms with Crippen molar-refractivity contribution in [2.75, 3.05) is 6.54 Å². The molecule has 1 aromatic carbocycles. The Kier molecular flexibility index (Phi) is 8.54. The molecule has 35 heavy (non-hydrogen) atoms. The Bertz CT molecular complexity index is 1320. The lowest BCUT2D eigenvalue weighted by Gasteiger charge is -2.17. The molecule has 7 nitrogen and oxygen atoms in total. The number of nitrogens with zero attached hydrogens (tertiary/aromatic N) is 3.